The molecule has 6 nitrogen and oxygen atoms in total. The number of rotatable bonds is 6. The van der Waals surface area contributed by atoms with Crippen molar-refractivity contribution in [3.63, 3.8) is 0 Å². The second-order valence-corrected chi connectivity index (χ2v) is 6.13. The predicted octanol–water partition coefficient (Wildman–Crippen LogP) is 2.02. The van der Waals surface area contributed by atoms with Crippen molar-refractivity contribution >= 4 is 0 Å². The molecule has 1 aliphatic rings. The van der Waals surface area contributed by atoms with Crippen LogP contribution in [0.4, 0.5) is 0 Å². The lowest BCUT2D eigenvalue weighted by Crippen LogP contribution is -2.33. The smallest absolute Gasteiger partial charge is 0.106 e. The summed E-state index contributed by atoms with van der Waals surface area (Å²) in [7, 11) is 0. The van der Waals surface area contributed by atoms with Crippen LogP contribution in [0.1, 0.15) is 55.7 Å². The van der Waals surface area contributed by atoms with E-state index in [0.717, 1.165) is 44.1 Å². The number of aliphatic hydroxyl groups is 1. The Morgan fingerprint density at radius 3 is 3.05 bits per heavy atom. The van der Waals surface area contributed by atoms with Crippen LogP contribution in [0.5, 0.6) is 0 Å². The highest BCUT2D eigenvalue weighted by Crippen LogP contribution is 2.19. The van der Waals surface area contributed by atoms with Crippen LogP contribution in [0.25, 0.3) is 0 Å². The molecular formula is C16H25N5O. The Labute approximate surface area is 131 Å². The molecule has 2 N–H and O–H groups in total. The second kappa shape index (κ2) is 6.62. The first-order valence-electron chi connectivity index (χ1n) is 8.15. The van der Waals surface area contributed by atoms with E-state index in [1.807, 2.05) is 16.9 Å². The second-order valence-electron chi connectivity index (χ2n) is 6.13. The van der Waals surface area contributed by atoms with Gasteiger partial charge in [0.25, 0.3) is 0 Å². The van der Waals surface area contributed by atoms with E-state index in [-0.39, 0.29) is 0 Å². The summed E-state index contributed by atoms with van der Waals surface area (Å²) in [5, 5.41) is 14.1. The molecule has 1 atom stereocenters. The first kappa shape index (κ1) is 15.2. The molecule has 2 aromatic rings. The Balaban J connectivity index is 1.61. The standard InChI is InChI=1S/C16H25N5O/c1-3-4-5-16-17-9-13(18-16)10-20-6-7-21-14(11-20)8-15(19-21)12(2)22/h8-9,12,22H,3-7,10-11H2,1-2H3,(H,17,18)/t12-/m0/s1. The lowest BCUT2D eigenvalue weighted by Gasteiger charge is -2.26. The van der Waals surface area contributed by atoms with Gasteiger partial charge in [-0.2, -0.15) is 5.10 Å². The number of nitrogens with one attached hydrogen (secondary N) is 1. The van der Waals surface area contributed by atoms with Crippen LogP contribution >= 0.6 is 0 Å². The Bertz CT molecular complexity index is 616. The van der Waals surface area contributed by atoms with Crippen LogP contribution in [0, 0.1) is 0 Å². The van der Waals surface area contributed by atoms with Crippen molar-refractivity contribution in [2.45, 2.75) is 58.8 Å². The highest BCUT2D eigenvalue weighted by Gasteiger charge is 2.20. The summed E-state index contributed by atoms with van der Waals surface area (Å²) in [6, 6.07) is 2.01. The van der Waals surface area contributed by atoms with Crippen molar-refractivity contribution in [3.05, 3.63) is 35.2 Å². The quantitative estimate of drug-likeness (QED) is 0.856. The molecule has 0 fully saturated rings. The molecule has 0 radical (unpaired) electrons. The fraction of sp³-hybridized carbons (Fsp3) is 0.625. The number of imidazole rings is 1. The molecule has 3 rings (SSSR count). The van der Waals surface area contributed by atoms with Gasteiger partial charge in [-0.05, 0) is 19.4 Å². The maximum atomic E-state index is 9.64. The Morgan fingerprint density at radius 2 is 2.27 bits per heavy atom. The number of aromatic nitrogens is 4. The van der Waals surface area contributed by atoms with Gasteiger partial charge in [-0.3, -0.25) is 9.58 Å². The average molecular weight is 303 g/mol. The molecule has 0 aliphatic carbocycles. The molecule has 0 bridgehead atoms. The maximum Gasteiger partial charge on any atom is 0.106 e. The first-order valence-corrected chi connectivity index (χ1v) is 8.15. The minimum atomic E-state index is -0.500. The fourth-order valence-electron chi connectivity index (χ4n) is 2.88. The normalized spacial score (nSPS) is 16.7. The number of hydrogen-bond acceptors (Lipinski definition) is 4. The van der Waals surface area contributed by atoms with Gasteiger partial charge in [0.2, 0.25) is 0 Å². The summed E-state index contributed by atoms with van der Waals surface area (Å²) in [5.74, 6) is 1.09. The van der Waals surface area contributed by atoms with E-state index in [0.29, 0.717) is 0 Å². The van der Waals surface area contributed by atoms with Crippen LogP contribution in [-0.4, -0.2) is 36.3 Å². The van der Waals surface area contributed by atoms with Crippen LogP contribution in [0.2, 0.25) is 0 Å². The SMILES string of the molecule is CCCCc1ncc(CN2CCn3nc([C@H](C)O)cc3C2)[nH]1. The first-order chi connectivity index (χ1) is 10.7. The molecule has 0 amide bonds. The van der Waals surface area contributed by atoms with Crippen LogP contribution in [-0.2, 0) is 26.1 Å². The van der Waals surface area contributed by atoms with Crippen molar-refractivity contribution in [2.24, 2.45) is 0 Å². The Hall–Kier alpha value is -1.66. The van der Waals surface area contributed by atoms with Gasteiger partial charge < -0.3 is 10.1 Å². The van der Waals surface area contributed by atoms with E-state index in [4.69, 9.17) is 0 Å². The maximum absolute atomic E-state index is 9.64. The zero-order valence-electron chi connectivity index (χ0n) is 13.4. The molecular weight excluding hydrogens is 278 g/mol. The van der Waals surface area contributed by atoms with Crippen molar-refractivity contribution in [1.29, 1.82) is 0 Å². The summed E-state index contributed by atoms with van der Waals surface area (Å²) in [4.78, 5) is 10.3. The average Bonchev–Trinajstić information content (AvgIpc) is 3.11. The summed E-state index contributed by atoms with van der Waals surface area (Å²) >= 11 is 0. The number of aliphatic hydroxyl groups excluding tert-OH is 1. The number of aryl methyl sites for hydroxylation is 1. The molecule has 0 aromatic carbocycles. The molecule has 3 heterocycles. The minimum Gasteiger partial charge on any atom is -0.387 e. The Kier molecular flexibility index (Phi) is 4.59. The minimum absolute atomic E-state index is 0.500. The largest absolute Gasteiger partial charge is 0.387 e. The van der Waals surface area contributed by atoms with Crippen LogP contribution in [0.15, 0.2) is 12.3 Å². The zero-order chi connectivity index (χ0) is 15.5. The van der Waals surface area contributed by atoms with Gasteiger partial charge in [-0.15, -0.1) is 0 Å². The predicted molar refractivity (Wildman–Crippen MR) is 84.2 cm³/mol. The fourth-order valence-corrected chi connectivity index (χ4v) is 2.88. The number of aromatic amines is 1. The Morgan fingerprint density at radius 1 is 1.41 bits per heavy atom. The van der Waals surface area contributed by atoms with Crippen molar-refractivity contribution in [2.75, 3.05) is 6.54 Å². The third kappa shape index (κ3) is 3.39. The molecule has 1 aliphatic heterocycles. The van der Waals surface area contributed by atoms with E-state index in [1.165, 1.54) is 24.2 Å². The monoisotopic (exact) mass is 303 g/mol. The molecule has 22 heavy (non-hydrogen) atoms. The summed E-state index contributed by atoms with van der Waals surface area (Å²) in [6.07, 6.45) is 4.86. The van der Waals surface area contributed by atoms with E-state index in [1.54, 1.807) is 6.92 Å². The van der Waals surface area contributed by atoms with E-state index >= 15 is 0 Å². The summed E-state index contributed by atoms with van der Waals surface area (Å²) in [5.41, 5.74) is 3.11. The molecule has 0 saturated carbocycles. The third-order valence-corrected chi connectivity index (χ3v) is 4.17. The zero-order valence-corrected chi connectivity index (χ0v) is 13.4. The van der Waals surface area contributed by atoms with Gasteiger partial charge in [0.1, 0.15) is 5.82 Å². The van der Waals surface area contributed by atoms with Crippen molar-refractivity contribution < 1.29 is 5.11 Å². The van der Waals surface area contributed by atoms with Gasteiger partial charge in [0.15, 0.2) is 0 Å². The number of unbranched alkanes of at least 4 members (excludes halogenated alkanes) is 1. The highest BCUT2D eigenvalue weighted by molar-refractivity contribution is 5.14. The molecule has 0 spiro atoms. The van der Waals surface area contributed by atoms with E-state index in [9.17, 15) is 5.11 Å². The van der Waals surface area contributed by atoms with E-state index < -0.39 is 6.10 Å². The van der Waals surface area contributed by atoms with Gasteiger partial charge in [-0.25, -0.2) is 4.98 Å². The number of H-pyrrole nitrogens is 1. The molecule has 0 saturated heterocycles. The number of hydrogen-bond donors (Lipinski definition) is 2. The lowest BCUT2D eigenvalue weighted by molar-refractivity contribution is 0.189. The highest BCUT2D eigenvalue weighted by atomic mass is 16.3. The number of nitrogens with zero attached hydrogens (tertiary/aromatic N) is 4. The molecule has 6 heteroatoms. The molecule has 0 unspecified atom stereocenters. The van der Waals surface area contributed by atoms with E-state index in [2.05, 4.69) is 26.9 Å². The van der Waals surface area contributed by atoms with Gasteiger partial charge in [0.05, 0.1) is 24.0 Å². The number of fused-ring (bicyclic) bond motifs is 1. The van der Waals surface area contributed by atoms with Crippen molar-refractivity contribution in [3.8, 4) is 0 Å². The van der Waals surface area contributed by atoms with Crippen LogP contribution < -0.4 is 0 Å². The molecule has 2 aromatic heterocycles. The third-order valence-electron chi connectivity index (χ3n) is 4.17. The topological polar surface area (TPSA) is 70.0 Å². The summed E-state index contributed by atoms with van der Waals surface area (Å²) < 4.78 is 2.01. The lowest BCUT2D eigenvalue weighted by atomic mass is 10.2. The van der Waals surface area contributed by atoms with Crippen LogP contribution in [0.3, 0.4) is 0 Å². The van der Waals surface area contributed by atoms with Gasteiger partial charge >= 0.3 is 0 Å². The van der Waals surface area contributed by atoms with Gasteiger partial charge in [0, 0.05) is 37.9 Å². The molecule has 120 valence electrons. The van der Waals surface area contributed by atoms with Gasteiger partial charge in [-0.1, -0.05) is 13.3 Å². The summed E-state index contributed by atoms with van der Waals surface area (Å²) in [6.45, 7) is 7.55. The van der Waals surface area contributed by atoms with Crippen molar-refractivity contribution in [1.82, 2.24) is 24.6 Å².